The highest BCUT2D eigenvalue weighted by Gasteiger charge is 2.32. The maximum Gasteiger partial charge on any atom is 0.255 e. The number of rotatable bonds is 3. The van der Waals surface area contributed by atoms with Crippen molar-refractivity contribution in [3.63, 3.8) is 0 Å². The fourth-order valence-electron chi connectivity index (χ4n) is 2.95. The van der Waals surface area contributed by atoms with Gasteiger partial charge >= 0.3 is 0 Å². The molecule has 0 saturated carbocycles. The van der Waals surface area contributed by atoms with E-state index in [4.69, 9.17) is 0 Å². The zero-order valence-corrected chi connectivity index (χ0v) is 13.0. The van der Waals surface area contributed by atoms with Crippen molar-refractivity contribution < 1.29 is 14.4 Å². The average molecular weight is 316 g/mol. The van der Waals surface area contributed by atoms with Gasteiger partial charge in [0.25, 0.3) is 5.91 Å². The van der Waals surface area contributed by atoms with E-state index in [1.807, 2.05) is 13.0 Å². The summed E-state index contributed by atoms with van der Waals surface area (Å²) in [5.41, 5.74) is 1.43. The molecule has 2 aliphatic heterocycles. The number of hydrogen-bond donors (Lipinski definition) is 2. The van der Waals surface area contributed by atoms with Crippen LogP contribution in [0.1, 0.15) is 35.3 Å². The quantitative estimate of drug-likeness (QED) is 0.821. The summed E-state index contributed by atoms with van der Waals surface area (Å²) in [6.07, 6.45) is 3.23. The summed E-state index contributed by atoms with van der Waals surface area (Å²) in [5.74, 6) is -0.309. The summed E-state index contributed by atoms with van der Waals surface area (Å²) in [5, 5.41) is 5.58. The molecule has 7 heteroatoms. The number of nitrogens with zero attached hydrogens (tertiary/aromatic N) is 2. The maximum atomic E-state index is 12.4. The van der Waals surface area contributed by atoms with Crippen molar-refractivity contribution in [3.05, 3.63) is 29.6 Å². The second-order valence-electron chi connectivity index (χ2n) is 6.09. The van der Waals surface area contributed by atoms with E-state index in [0.717, 1.165) is 12.1 Å². The van der Waals surface area contributed by atoms with Gasteiger partial charge in [-0.25, -0.2) is 0 Å². The van der Waals surface area contributed by atoms with Crippen LogP contribution in [0, 0.1) is 6.92 Å². The van der Waals surface area contributed by atoms with Gasteiger partial charge < -0.3 is 15.5 Å². The topological polar surface area (TPSA) is 91.4 Å². The first-order chi connectivity index (χ1) is 11.0. The van der Waals surface area contributed by atoms with Crippen LogP contribution >= 0.6 is 0 Å². The molecule has 23 heavy (non-hydrogen) atoms. The van der Waals surface area contributed by atoms with Gasteiger partial charge in [-0.1, -0.05) is 0 Å². The highest BCUT2D eigenvalue weighted by Crippen LogP contribution is 2.15. The maximum absolute atomic E-state index is 12.4. The second kappa shape index (κ2) is 6.36. The third-order valence-electron chi connectivity index (χ3n) is 4.29. The number of aryl methyl sites for hydroxylation is 1. The van der Waals surface area contributed by atoms with Crippen LogP contribution in [0.5, 0.6) is 0 Å². The van der Waals surface area contributed by atoms with Gasteiger partial charge in [-0.05, 0) is 31.9 Å². The molecule has 3 heterocycles. The Kier molecular flexibility index (Phi) is 4.27. The lowest BCUT2D eigenvalue weighted by Crippen LogP contribution is -2.47. The van der Waals surface area contributed by atoms with E-state index in [9.17, 15) is 14.4 Å². The molecule has 2 fully saturated rings. The number of aromatic nitrogens is 1. The second-order valence-corrected chi connectivity index (χ2v) is 6.09. The van der Waals surface area contributed by atoms with E-state index in [0.29, 0.717) is 31.5 Å². The van der Waals surface area contributed by atoms with E-state index in [-0.39, 0.29) is 23.8 Å². The Morgan fingerprint density at radius 1 is 1.35 bits per heavy atom. The SMILES string of the molecule is Cc1ccc(C(=O)N2CC[C@@H](NC(=O)[C@@H]3CCC(=O)N3)C2)cn1. The molecule has 1 aromatic rings. The fourth-order valence-corrected chi connectivity index (χ4v) is 2.95. The summed E-state index contributed by atoms with van der Waals surface area (Å²) in [7, 11) is 0. The minimum Gasteiger partial charge on any atom is -0.350 e. The molecule has 0 spiro atoms. The van der Waals surface area contributed by atoms with Gasteiger partial charge in [0, 0.05) is 37.4 Å². The summed E-state index contributed by atoms with van der Waals surface area (Å²) in [6.45, 7) is 2.96. The van der Waals surface area contributed by atoms with Crippen LogP contribution in [0.25, 0.3) is 0 Å². The van der Waals surface area contributed by atoms with Gasteiger partial charge in [-0.2, -0.15) is 0 Å². The first-order valence-electron chi connectivity index (χ1n) is 7.84. The Balaban J connectivity index is 1.54. The van der Waals surface area contributed by atoms with Crippen LogP contribution in [0.15, 0.2) is 18.3 Å². The Morgan fingerprint density at radius 2 is 2.17 bits per heavy atom. The molecule has 2 aliphatic rings. The molecular formula is C16H20N4O3. The Bertz CT molecular complexity index is 629. The minimum absolute atomic E-state index is 0.0663. The third kappa shape index (κ3) is 3.49. The first kappa shape index (κ1) is 15.5. The molecule has 0 aromatic carbocycles. The molecule has 2 atom stereocenters. The molecule has 0 radical (unpaired) electrons. The third-order valence-corrected chi connectivity index (χ3v) is 4.29. The molecule has 2 N–H and O–H groups in total. The predicted octanol–water partition coefficient (Wildman–Crippen LogP) is -0.000680. The molecular weight excluding hydrogens is 296 g/mol. The van der Waals surface area contributed by atoms with Crippen molar-refractivity contribution in [1.82, 2.24) is 20.5 Å². The van der Waals surface area contributed by atoms with Crippen molar-refractivity contribution in [2.24, 2.45) is 0 Å². The molecule has 2 saturated heterocycles. The zero-order chi connectivity index (χ0) is 16.4. The van der Waals surface area contributed by atoms with Gasteiger partial charge in [0.05, 0.1) is 5.56 Å². The highest BCUT2D eigenvalue weighted by molar-refractivity contribution is 5.94. The number of hydrogen-bond acceptors (Lipinski definition) is 4. The van der Waals surface area contributed by atoms with Crippen LogP contribution in [-0.2, 0) is 9.59 Å². The lowest BCUT2D eigenvalue weighted by atomic mass is 10.2. The van der Waals surface area contributed by atoms with E-state index < -0.39 is 6.04 Å². The van der Waals surface area contributed by atoms with Crippen LogP contribution < -0.4 is 10.6 Å². The van der Waals surface area contributed by atoms with Gasteiger partial charge in [0.2, 0.25) is 11.8 Å². The predicted molar refractivity (Wildman–Crippen MR) is 82.6 cm³/mol. The normalized spacial score (nSPS) is 23.7. The molecule has 3 amide bonds. The van der Waals surface area contributed by atoms with E-state index >= 15 is 0 Å². The van der Waals surface area contributed by atoms with Crippen molar-refractivity contribution in [2.75, 3.05) is 13.1 Å². The lowest BCUT2D eigenvalue weighted by Gasteiger charge is -2.18. The van der Waals surface area contributed by atoms with Crippen LogP contribution in [0.2, 0.25) is 0 Å². The Labute approximate surface area is 134 Å². The monoisotopic (exact) mass is 316 g/mol. The Hall–Kier alpha value is -2.44. The molecule has 1 aromatic heterocycles. The number of carbonyl (C=O) groups is 3. The van der Waals surface area contributed by atoms with Gasteiger partial charge in [-0.3, -0.25) is 19.4 Å². The van der Waals surface area contributed by atoms with Gasteiger partial charge in [-0.15, -0.1) is 0 Å². The van der Waals surface area contributed by atoms with Crippen molar-refractivity contribution in [1.29, 1.82) is 0 Å². The van der Waals surface area contributed by atoms with Crippen molar-refractivity contribution in [2.45, 2.75) is 38.3 Å². The summed E-state index contributed by atoms with van der Waals surface area (Å²) in [6, 6.07) is 3.08. The number of likely N-dealkylation sites (tertiary alicyclic amines) is 1. The largest absolute Gasteiger partial charge is 0.350 e. The number of carbonyl (C=O) groups excluding carboxylic acids is 3. The van der Waals surface area contributed by atoms with E-state index in [2.05, 4.69) is 15.6 Å². The molecule has 3 rings (SSSR count). The summed E-state index contributed by atoms with van der Waals surface area (Å²) < 4.78 is 0. The molecule has 0 bridgehead atoms. The zero-order valence-electron chi connectivity index (χ0n) is 13.0. The molecule has 7 nitrogen and oxygen atoms in total. The number of nitrogens with one attached hydrogen (secondary N) is 2. The molecule has 0 unspecified atom stereocenters. The Morgan fingerprint density at radius 3 is 2.83 bits per heavy atom. The molecule has 122 valence electrons. The fraction of sp³-hybridized carbons (Fsp3) is 0.500. The van der Waals surface area contributed by atoms with Crippen LogP contribution in [0.3, 0.4) is 0 Å². The number of pyridine rings is 1. The van der Waals surface area contributed by atoms with Crippen LogP contribution in [0.4, 0.5) is 0 Å². The van der Waals surface area contributed by atoms with E-state index in [1.165, 1.54) is 0 Å². The van der Waals surface area contributed by atoms with Crippen LogP contribution in [-0.4, -0.2) is 52.8 Å². The average Bonchev–Trinajstić information content (AvgIpc) is 3.16. The van der Waals surface area contributed by atoms with E-state index in [1.54, 1.807) is 17.2 Å². The van der Waals surface area contributed by atoms with Crippen molar-refractivity contribution in [3.8, 4) is 0 Å². The minimum atomic E-state index is -0.437. The van der Waals surface area contributed by atoms with Crippen molar-refractivity contribution >= 4 is 17.7 Å². The summed E-state index contributed by atoms with van der Waals surface area (Å²) >= 11 is 0. The lowest BCUT2D eigenvalue weighted by molar-refractivity contribution is -0.126. The first-order valence-corrected chi connectivity index (χ1v) is 7.84. The standard InChI is InChI=1S/C16H20N4O3/c1-10-2-3-11(8-17-10)16(23)20-7-6-12(9-20)18-15(22)13-4-5-14(21)19-13/h2-3,8,12-13H,4-7,9H2,1H3,(H,18,22)(H,19,21)/t12-,13+/m1/s1. The van der Waals surface area contributed by atoms with Gasteiger partial charge in [0.1, 0.15) is 6.04 Å². The summed E-state index contributed by atoms with van der Waals surface area (Å²) in [4.78, 5) is 41.5. The molecule has 0 aliphatic carbocycles. The van der Waals surface area contributed by atoms with Gasteiger partial charge in [0.15, 0.2) is 0 Å². The smallest absolute Gasteiger partial charge is 0.255 e. The number of amides is 3. The highest BCUT2D eigenvalue weighted by atomic mass is 16.2.